The Hall–Kier alpha value is -1.26. The molecule has 0 spiro atoms. The molecule has 5 rings (SSSR count). The normalized spacial score (nSPS) is 33.9. The maximum absolute atomic E-state index is 12.7. The van der Waals surface area contributed by atoms with E-state index in [0.717, 1.165) is 19.3 Å². The van der Waals surface area contributed by atoms with E-state index in [2.05, 4.69) is 5.32 Å². The molecule has 1 atom stereocenters. The van der Waals surface area contributed by atoms with E-state index < -0.39 is 17.9 Å². The summed E-state index contributed by atoms with van der Waals surface area (Å²) in [5, 5.41) is 13.3. The summed E-state index contributed by atoms with van der Waals surface area (Å²) in [6, 6.07) is 3.76. The lowest BCUT2D eigenvalue weighted by Gasteiger charge is -2.58. The number of carboxylic acid groups (broad SMARTS) is 1. The minimum atomic E-state index is -0.944. The molecule has 0 heterocycles. The van der Waals surface area contributed by atoms with E-state index in [1.165, 1.54) is 25.3 Å². The Bertz CT molecular complexity index is 698. The first kappa shape index (κ1) is 17.2. The summed E-state index contributed by atoms with van der Waals surface area (Å²) in [4.78, 5) is 24.7. The summed E-state index contributed by atoms with van der Waals surface area (Å²) >= 11 is 12.0. The number of nitrogens with one attached hydrogen (secondary N) is 1. The van der Waals surface area contributed by atoms with Crippen LogP contribution in [-0.4, -0.2) is 23.0 Å². The molecule has 134 valence electrons. The van der Waals surface area contributed by atoms with Crippen LogP contribution in [-0.2, 0) is 4.79 Å². The molecule has 4 nitrogen and oxygen atoms in total. The highest BCUT2D eigenvalue weighted by Gasteiger charge is 2.56. The summed E-state index contributed by atoms with van der Waals surface area (Å²) in [6.07, 6.45) is 6.40. The van der Waals surface area contributed by atoms with E-state index in [0.29, 0.717) is 22.8 Å². The van der Waals surface area contributed by atoms with Gasteiger partial charge in [-0.15, -0.1) is 0 Å². The van der Waals surface area contributed by atoms with Crippen LogP contribution >= 0.6 is 23.2 Å². The molecule has 0 radical (unpaired) electrons. The molecular formula is C19H21Cl2NO3. The minimum absolute atomic E-state index is 0.236. The van der Waals surface area contributed by atoms with Gasteiger partial charge in [0.15, 0.2) is 0 Å². The van der Waals surface area contributed by atoms with Crippen molar-refractivity contribution in [2.24, 2.45) is 23.2 Å². The fraction of sp³-hybridized carbons (Fsp3) is 0.579. The van der Waals surface area contributed by atoms with Crippen LogP contribution in [0.15, 0.2) is 18.2 Å². The van der Waals surface area contributed by atoms with Gasteiger partial charge >= 0.3 is 5.97 Å². The molecule has 0 aliphatic heterocycles. The summed E-state index contributed by atoms with van der Waals surface area (Å²) in [6.45, 7) is 0. The second-order valence-electron chi connectivity index (χ2n) is 8.15. The lowest BCUT2D eigenvalue weighted by Crippen LogP contribution is -2.59. The maximum atomic E-state index is 12.7. The van der Waals surface area contributed by atoms with Crippen molar-refractivity contribution in [3.63, 3.8) is 0 Å². The molecule has 4 bridgehead atoms. The van der Waals surface area contributed by atoms with Crippen LogP contribution in [0, 0.1) is 23.2 Å². The molecule has 2 N–H and O–H groups in total. The highest BCUT2D eigenvalue weighted by molar-refractivity contribution is 6.36. The van der Waals surface area contributed by atoms with E-state index >= 15 is 0 Å². The van der Waals surface area contributed by atoms with Crippen LogP contribution in [0.5, 0.6) is 0 Å². The second-order valence-corrected chi connectivity index (χ2v) is 8.99. The van der Waals surface area contributed by atoms with Gasteiger partial charge in [-0.3, -0.25) is 4.79 Å². The second kappa shape index (κ2) is 6.17. The molecule has 0 unspecified atom stereocenters. The predicted octanol–water partition coefficient (Wildman–Crippen LogP) is 4.39. The molecule has 4 fully saturated rings. The number of hydrogen-bond donors (Lipinski definition) is 2. The predicted molar refractivity (Wildman–Crippen MR) is 96.0 cm³/mol. The number of rotatable bonds is 4. The number of carbonyl (C=O) groups is 2. The van der Waals surface area contributed by atoms with E-state index in [-0.39, 0.29) is 16.0 Å². The summed E-state index contributed by atoms with van der Waals surface area (Å²) in [7, 11) is 0. The smallest absolute Gasteiger partial charge is 0.326 e. The number of carboxylic acids is 1. The number of aliphatic carboxylic acids is 1. The summed E-state index contributed by atoms with van der Waals surface area (Å²) < 4.78 is 0. The van der Waals surface area contributed by atoms with Crippen molar-refractivity contribution in [2.45, 2.75) is 44.6 Å². The van der Waals surface area contributed by atoms with E-state index in [1.807, 2.05) is 0 Å². The van der Waals surface area contributed by atoms with Gasteiger partial charge in [0.05, 0.1) is 10.6 Å². The molecule has 0 aromatic heterocycles. The van der Waals surface area contributed by atoms with Gasteiger partial charge in [0.2, 0.25) is 0 Å². The van der Waals surface area contributed by atoms with Crippen molar-refractivity contribution in [3.8, 4) is 0 Å². The van der Waals surface area contributed by atoms with Crippen molar-refractivity contribution in [1.82, 2.24) is 5.32 Å². The largest absolute Gasteiger partial charge is 0.480 e. The monoisotopic (exact) mass is 381 g/mol. The standard InChI is InChI=1S/C19H21Cl2NO3/c20-13-1-2-14(15(21)6-13)17(23)22-16(18(24)25)19-7-10-3-11(8-19)5-12(4-10)9-19/h1-2,6,10-12,16H,3-5,7-9H2,(H,22,23)(H,24,25)/t10?,11?,12?,16-,19?/m0/s1. The minimum Gasteiger partial charge on any atom is -0.480 e. The average Bonchev–Trinajstić information content (AvgIpc) is 2.50. The first-order valence-electron chi connectivity index (χ1n) is 8.85. The Labute approximate surface area is 156 Å². The number of carbonyl (C=O) groups excluding carboxylic acids is 1. The van der Waals surface area contributed by atoms with E-state index in [9.17, 15) is 14.7 Å². The van der Waals surface area contributed by atoms with Crippen molar-refractivity contribution in [3.05, 3.63) is 33.8 Å². The lowest BCUT2D eigenvalue weighted by atomic mass is 9.47. The molecule has 1 amide bonds. The Morgan fingerprint density at radius 2 is 1.64 bits per heavy atom. The first-order valence-corrected chi connectivity index (χ1v) is 9.60. The summed E-state index contributed by atoms with van der Waals surface area (Å²) in [5.41, 5.74) is -0.0446. The number of hydrogen-bond acceptors (Lipinski definition) is 2. The molecule has 1 aromatic carbocycles. The number of benzene rings is 1. The van der Waals surface area contributed by atoms with Crippen LogP contribution < -0.4 is 5.32 Å². The molecule has 4 saturated carbocycles. The third-order valence-electron chi connectivity index (χ3n) is 6.40. The van der Waals surface area contributed by atoms with Gasteiger partial charge in [-0.1, -0.05) is 23.2 Å². The molecular weight excluding hydrogens is 361 g/mol. The molecule has 4 aliphatic carbocycles. The average molecular weight is 382 g/mol. The van der Waals surface area contributed by atoms with Crippen molar-refractivity contribution in [1.29, 1.82) is 0 Å². The van der Waals surface area contributed by atoms with Gasteiger partial charge in [0.25, 0.3) is 5.91 Å². The van der Waals surface area contributed by atoms with Crippen LogP contribution in [0.25, 0.3) is 0 Å². The Morgan fingerprint density at radius 3 is 2.12 bits per heavy atom. The molecule has 25 heavy (non-hydrogen) atoms. The Kier molecular flexibility index (Phi) is 4.24. The zero-order valence-electron chi connectivity index (χ0n) is 13.8. The first-order chi connectivity index (χ1) is 11.9. The fourth-order valence-corrected chi connectivity index (χ4v) is 6.38. The quantitative estimate of drug-likeness (QED) is 0.812. The molecule has 6 heteroatoms. The van der Waals surface area contributed by atoms with Gasteiger partial charge in [-0.25, -0.2) is 4.79 Å². The van der Waals surface area contributed by atoms with E-state index in [4.69, 9.17) is 23.2 Å². The zero-order chi connectivity index (χ0) is 17.8. The van der Waals surface area contributed by atoms with Crippen LogP contribution in [0.4, 0.5) is 0 Å². The number of amides is 1. The van der Waals surface area contributed by atoms with E-state index in [1.54, 1.807) is 12.1 Å². The highest BCUT2D eigenvalue weighted by atomic mass is 35.5. The Balaban J connectivity index is 1.60. The van der Waals surface area contributed by atoms with Crippen LogP contribution in [0.1, 0.15) is 48.9 Å². The summed E-state index contributed by atoms with van der Waals surface area (Å²) in [5.74, 6) is 0.461. The zero-order valence-corrected chi connectivity index (χ0v) is 15.3. The SMILES string of the molecule is O=C(N[C@@H](C(=O)O)C12CC3CC(CC(C3)C1)C2)c1ccc(Cl)cc1Cl. The number of halogens is 2. The van der Waals surface area contributed by atoms with Crippen molar-refractivity contribution >= 4 is 35.1 Å². The van der Waals surface area contributed by atoms with Gasteiger partial charge in [0, 0.05) is 10.4 Å². The molecule has 4 aliphatic rings. The van der Waals surface area contributed by atoms with Crippen molar-refractivity contribution in [2.75, 3.05) is 0 Å². The van der Waals surface area contributed by atoms with Gasteiger partial charge in [0.1, 0.15) is 6.04 Å². The topological polar surface area (TPSA) is 66.4 Å². The van der Waals surface area contributed by atoms with Crippen molar-refractivity contribution < 1.29 is 14.7 Å². The fourth-order valence-electron chi connectivity index (χ4n) is 5.89. The van der Waals surface area contributed by atoms with Gasteiger partial charge in [-0.2, -0.15) is 0 Å². The third-order valence-corrected chi connectivity index (χ3v) is 6.94. The third kappa shape index (κ3) is 3.04. The van der Waals surface area contributed by atoms with Gasteiger partial charge < -0.3 is 10.4 Å². The van der Waals surface area contributed by atoms with Gasteiger partial charge in [-0.05, 0) is 74.5 Å². The molecule has 0 saturated heterocycles. The maximum Gasteiger partial charge on any atom is 0.326 e. The molecule has 1 aromatic rings. The highest BCUT2D eigenvalue weighted by Crippen LogP contribution is 2.61. The van der Waals surface area contributed by atoms with Crippen LogP contribution in [0.3, 0.4) is 0 Å². The van der Waals surface area contributed by atoms with Crippen LogP contribution in [0.2, 0.25) is 10.0 Å². The Morgan fingerprint density at radius 1 is 1.08 bits per heavy atom. The lowest BCUT2D eigenvalue weighted by molar-refractivity contribution is -0.150.